The Morgan fingerprint density at radius 1 is 1.33 bits per heavy atom. The third-order valence-corrected chi connectivity index (χ3v) is 3.90. The first-order valence-corrected chi connectivity index (χ1v) is 7.21. The van der Waals surface area contributed by atoms with Crippen LogP contribution in [-0.2, 0) is 4.79 Å². The molecule has 1 saturated carbocycles. The molecule has 1 aliphatic carbocycles. The van der Waals surface area contributed by atoms with Gasteiger partial charge in [0.1, 0.15) is 0 Å². The summed E-state index contributed by atoms with van der Waals surface area (Å²) >= 11 is 0. The highest BCUT2D eigenvalue weighted by Crippen LogP contribution is 2.26. The molecular formula is C16H19N3O2. The summed E-state index contributed by atoms with van der Waals surface area (Å²) in [6.45, 7) is 1.81. The Morgan fingerprint density at radius 3 is 2.67 bits per heavy atom. The van der Waals surface area contributed by atoms with Crippen LogP contribution in [0.3, 0.4) is 0 Å². The Balaban J connectivity index is 1.66. The summed E-state index contributed by atoms with van der Waals surface area (Å²) in [4.78, 5) is 16.2. The first-order valence-electron chi connectivity index (χ1n) is 7.21. The number of benzene rings is 1. The standard InChI is InChI=1S/C16H19N3O2/c1-10-18-9-15(21-10)11-3-6-14(7-4-11)19-16(20)12-2-5-13(17)8-12/h3-4,6-7,9,12-13H,2,5,8,17H2,1H3,(H,19,20). The first-order chi connectivity index (χ1) is 10.1. The van der Waals surface area contributed by atoms with Crippen molar-refractivity contribution in [1.29, 1.82) is 0 Å². The van der Waals surface area contributed by atoms with Gasteiger partial charge in [0.2, 0.25) is 5.91 Å². The lowest BCUT2D eigenvalue weighted by Gasteiger charge is -2.11. The summed E-state index contributed by atoms with van der Waals surface area (Å²) in [6.07, 6.45) is 4.29. The number of carbonyl (C=O) groups is 1. The van der Waals surface area contributed by atoms with E-state index in [1.807, 2.05) is 31.2 Å². The zero-order valence-corrected chi connectivity index (χ0v) is 12.0. The number of aromatic nitrogens is 1. The molecule has 2 unspecified atom stereocenters. The maximum atomic E-state index is 12.1. The maximum Gasteiger partial charge on any atom is 0.227 e. The molecule has 21 heavy (non-hydrogen) atoms. The molecular weight excluding hydrogens is 266 g/mol. The van der Waals surface area contributed by atoms with E-state index in [1.54, 1.807) is 6.20 Å². The van der Waals surface area contributed by atoms with Crippen LogP contribution in [0.5, 0.6) is 0 Å². The van der Waals surface area contributed by atoms with E-state index >= 15 is 0 Å². The lowest BCUT2D eigenvalue weighted by atomic mass is 10.1. The van der Waals surface area contributed by atoms with Gasteiger partial charge in [-0.3, -0.25) is 4.79 Å². The smallest absolute Gasteiger partial charge is 0.227 e. The molecule has 5 nitrogen and oxygen atoms in total. The van der Waals surface area contributed by atoms with Crippen molar-refractivity contribution in [3.63, 3.8) is 0 Å². The summed E-state index contributed by atoms with van der Waals surface area (Å²) < 4.78 is 5.47. The van der Waals surface area contributed by atoms with Gasteiger partial charge in [-0.1, -0.05) is 0 Å². The third-order valence-electron chi connectivity index (χ3n) is 3.90. The van der Waals surface area contributed by atoms with Crippen molar-refractivity contribution in [3.8, 4) is 11.3 Å². The number of nitrogens with two attached hydrogens (primary N) is 1. The Morgan fingerprint density at radius 2 is 2.10 bits per heavy atom. The minimum atomic E-state index is 0.0385. The van der Waals surface area contributed by atoms with Gasteiger partial charge in [0, 0.05) is 30.1 Å². The fourth-order valence-corrected chi connectivity index (χ4v) is 2.71. The zero-order chi connectivity index (χ0) is 14.8. The van der Waals surface area contributed by atoms with Crippen molar-refractivity contribution in [2.24, 2.45) is 11.7 Å². The van der Waals surface area contributed by atoms with Gasteiger partial charge in [-0.05, 0) is 43.5 Å². The molecule has 0 bridgehead atoms. The van der Waals surface area contributed by atoms with E-state index in [0.29, 0.717) is 5.89 Å². The van der Waals surface area contributed by atoms with Crippen molar-refractivity contribution < 1.29 is 9.21 Å². The van der Waals surface area contributed by atoms with E-state index in [4.69, 9.17) is 10.2 Å². The summed E-state index contributed by atoms with van der Waals surface area (Å²) in [5.41, 5.74) is 7.58. The van der Waals surface area contributed by atoms with Gasteiger partial charge in [-0.2, -0.15) is 0 Å². The van der Waals surface area contributed by atoms with Gasteiger partial charge in [-0.15, -0.1) is 0 Å². The fraction of sp³-hybridized carbons (Fsp3) is 0.375. The molecule has 1 fully saturated rings. The van der Waals surface area contributed by atoms with Crippen LogP contribution < -0.4 is 11.1 Å². The highest BCUT2D eigenvalue weighted by atomic mass is 16.4. The lowest BCUT2D eigenvalue weighted by Crippen LogP contribution is -2.23. The molecule has 0 spiro atoms. The van der Waals surface area contributed by atoms with Gasteiger partial charge in [0.25, 0.3) is 0 Å². The molecule has 3 rings (SSSR count). The number of oxazole rings is 1. The molecule has 110 valence electrons. The SMILES string of the molecule is Cc1ncc(-c2ccc(NC(=O)C3CCC(N)C3)cc2)o1. The third kappa shape index (κ3) is 3.13. The molecule has 1 aromatic heterocycles. The molecule has 1 aliphatic rings. The van der Waals surface area contributed by atoms with E-state index in [2.05, 4.69) is 10.3 Å². The number of hydrogen-bond donors (Lipinski definition) is 2. The predicted octanol–water partition coefficient (Wildman–Crippen LogP) is 2.72. The summed E-state index contributed by atoms with van der Waals surface area (Å²) in [7, 11) is 0. The van der Waals surface area contributed by atoms with Crippen LogP contribution in [0.4, 0.5) is 5.69 Å². The molecule has 3 N–H and O–H groups in total. The molecule has 1 aromatic carbocycles. The van der Waals surface area contributed by atoms with E-state index in [0.717, 1.165) is 36.3 Å². The molecule has 0 aliphatic heterocycles. The normalized spacial score (nSPS) is 21.4. The van der Waals surface area contributed by atoms with Gasteiger partial charge >= 0.3 is 0 Å². The van der Waals surface area contributed by atoms with Crippen molar-refractivity contribution >= 4 is 11.6 Å². The predicted molar refractivity (Wildman–Crippen MR) is 80.6 cm³/mol. The molecule has 2 atom stereocenters. The zero-order valence-electron chi connectivity index (χ0n) is 12.0. The van der Waals surface area contributed by atoms with Crippen molar-refractivity contribution in [1.82, 2.24) is 4.98 Å². The number of carbonyl (C=O) groups excluding carboxylic acids is 1. The monoisotopic (exact) mass is 285 g/mol. The van der Waals surface area contributed by atoms with Crippen LogP contribution in [-0.4, -0.2) is 16.9 Å². The Hall–Kier alpha value is -2.14. The van der Waals surface area contributed by atoms with Crippen LogP contribution in [0.2, 0.25) is 0 Å². The van der Waals surface area contributed by atoms with E-state index in [1.165, 1.54) is 0 Å². The second kappa shape index (κ2) is 5.69. The van der Waals surface area contributed by atoms with Crippen LogP contribution in [0.1, 0.15) is 25.2 Å². The minimum absolute atomic E-state index is 0.0385. The van der Waals surface area contributed by atoms with Gasteiger partial charge < -0.3 is 15.5 Å². The minimum Gasteiger partial charge on any atom is -0.441 e. The summed E-state index contributed by atoms with van der Waals surface area (Å²) in [5, 5.41) is 2.95. The highest BCUT2D eigenvalue weighted by Gasteiger charge is 2.27. The number of aryl methyl sites for hydroxylation is 1. The van der Waals surface area contributed by atoms with Gasteiger partial charge in [-0.25, -0.2) is 4.98 Å². The van der Waals surface area contributed by atoms with Gasteiger partial charge in [0.05, 0.1) is 6.20 Å². The summed E-state index contributed by atoms with van der Waals surface area (Å²) in [6, 6.07) is 7.74. The first kappa shape index (κ1) is 13.8. The van der Waals surface area contributed by atoms with E-state index in [-0.39, 0.29) is 17.9 Å². The van der Waals surface area contributed by atoms with Crippen LogP contribution in [0.25, 0.3) is 11.3 Å². The molecule has 1 amide bonds. The van der Waals surface area contributed by atoms with Crippen LogP contribution >= 0.6 is 0 Å². The van der Waals surface area contributed by atoms with Crippen LogP contribution in [0, 0.1) is 12.8 Å². The van der Waals surface area contributed by atoms with E-state index in [9.17, 15) is 4.79 Å². The maximum absolute atomic E-state index is 12.1. The fourth-order valence-electron chi connectivity index (χ4n) is 2.71. The average Bonchev–Trinajstić information content (AvgIpc) is 3.08. The van der Waals surface area contributed by atoms with Crippen molar-refractivity contribution in [2.45, 2.75) is 32.2 Å². The molecule has 1 heterocycles. The molecule has 0 saturated heterocycles. The highest BCUT2D eigenvalue weighted by molar-refractivity contribution is 5.93. The quantitative estimate of drug-likeness (QED) is 0.908. The number of rotatable bonds is 3. The Bertz CT molecular complexity index is 633. The Kier molecular flexibility index (Phi) is 3.75. The summed E-state index contributed by atoms with van der Waals surface area (Å²) in [5.74, 6) is 1.47. The van der Waals surface area contributed by atoms with Crippen LogP contribution in [0.15, 0.2) is 34.9 Å². The topological polar surface area (TPSA) is 81.2 Å². The molecule has 0 radical (unpaired) electrons. The van der Waals surface area contributed by atoms with Crippen molar-refractivity contribution in [2.75, 3.05) is 5.32 Å². The lowest BCUT2D eigenvalue weighted by molar-refractivity contribution is -0.119. The number of amides is 1. The number of anilines is 1. The average molecular weight is 285 g/mol. The Labute approximate surface area is 123 Å². The number of nitrogens with one attached hydrogen (secondary N) is 1. The number of nitrogens with zero attached hydrogens (tertiary/aromatic N) is 1. The second-order valence-electron chi connectivity index (χ2n) is 5.58. The largest absolute Gasteiger partial charge is 0.441 e. The van der Waals surface area contributed by atoms with Gasteiger partial charge in [0.15, 0.2) is 11.7 Å². The van der Waals surface area contributed by atoms with Crippen molar-refractivity contribution in [3.05, 3.63) is 36.4 Å². The van der Waals surface area contributed by atoms with E-state index < -0.39 is 0 Å². The molecule has 5 heteroatoms. The molecule has 2 aromatic rings. The second-order valence-corrected chi connectivity index (χ2v) is 5.58. The number of hydrogen-bond acceptors (Lipinski definition) is 4.